The molecule has 0 spiro atoms. The molecule has 5 nitrogen and oxygen atoms in total. The highest BCUT2D eigenvalue weighted by molar-refractivity contribution is 5.37. The molecule has 0 saturated carbocycles. The van der Waals surface area contributed by atoms with Crippen LogP contribution < -0.4 is 5.73 Å². The maximum absolute atomic E-state index is 6.61. The number of nitrogens with two attached hydrogens (primary N) is 1. The summed E-state index contributed by atoms with van der Waals surface area (Å²) in [6.07, 6.45) is -0.341. The molecular formula is C25H35NO4. The maximum Gasteiger partial charge on any atom is 0.162 e. The number of rotatable bonds is 8. The summed E-state index contributed by atoms with van der Waals surface area (Å²) in [7, 11) is 3.39. The summed E-state index contributed by atoms with van der Waals surface area (Å²) in [4.78, 5) is 0. The first-order valence-corrected chi connectivity index (χ1v) is 10.5. The molecule has 2 aromatic carbocycles. The Morgan fingerprint density at radius 1 is 0.833 bits per heavy atom. The second kappa shape index (κ2) is 9.16. The van der Waals surface area contributed by atoms with Crippen molar-refractivity contribution in [3.05, 3.63) is 71.3 Å². The topological polar surface area (TPSA) is 62.9 Å². The fourth-order valence-corrected chi connectivity index (χ4v) is 3.93. The largest absolute Gasteiger partial charge is 0.376 e. The van der Waals surface area contributed by atoms with Gasteiger partial charge in [0.25, 0.3) is 0 Å². The van der Waals surface area contributed by atoms with Gasteiger partial charge in [0.1, 0.15) is 12.2 Å². The zero-order valence-electron chi connectivity index (χ0n) is 18.9. The molecule has 0 radical (unpaired) electrons. The molecule has 2 N–H and O–H groups in total. The van der Waals surface area contributed by atoms with Gasteiger partial charge in [0.2, 0.25) is 0 Å². The van der Waals surface area contributed by atoms with Gasteiger partial charge in [0.15, 0.2) is 6.29 Å². The Kier molecular flexibility index (Phi) is 7.00. The van der Waals surface area contributed by atoms with Crippen LogP contribution in [0.25, 0.3) is 0 Å². The fourth-order valence-electron chi connectivity index (χ4n) is 3.93. The standard InChI is InChI=1S/C25H35NO4/c1-24(2,27-5)22-23(25(3,4)28-6)30-20(29-22)16-18-14-10-11-15-19(18)21(26)17-12-8-7-9-13-17/h7-15,20-23H,16,26H2,1-6H3/t21-,22-,23-/m1/s1. The molecule has 30 heavy (non-hydrogen) atoms. The molecule has 1 fully saturated rings. The third kappa shape index (κ3) is 4.76. The molecule has 3 atom stereocenters. The van der Waals surface area contributed by atoms with Gasteiger partial charge in [-0.15, -0.1) is 0 Å². The monoisotopic (exact) mass is 413 g/mol. The van der Waals surface area contributed by atoms with Crippen molar-refractivity contribution in [2.75, 3.05) is 14.2 Å². The second-order valence-corrected chi connectivity index (χ2v) is 8.95. The van der Waals surface area contributed by atoms with E-state index in [9.17, 15) is 0 Å². The maximum atomic E-state index is 6.61. The summed E-state index contributed by atoms with van der Waals surface area (Å²) in [5, 5.41) is 0. The Morgan fingerprint density at radius 2 is 1.33 bits per heavy atom. The van der Waals surface area contributed by atoms with E-state index in [-0.39, 0.29) is 18.2 Å². The molecule has 0 aliphatic carbocycles. The molecule has 0 amide bonds. The molecule has 1 heterocycles. The molecule has 0 aromatic heterocycles. The summed E-state index contributed by atoms with van der Waals surface area (Å²) in [5.41, 5.74) is 8.84. The Hall–Kier alpha value is -1.76. The zero-order chi connectivity index (χ0) is 21.9. The van der Waals surface area contributed by atoms with E-state index < -0.39 is 17.5 Å². The summed E-state index contributed by atoms with van der Waals surface area (Å²) < 4.78 is 24.2. The van der Waals surface area contributed by atoms with Crippen molar-refractivity contribution in [3.63, 3.8) is 0 Å². The van der Waals surface area contributed by atoms with Gasteiger partial charge < -0.3 is 24.7 Å². The van der Waals surface area contributed by atoms with Gasteiger partial charge in [-0.2, -0.15) is 0 Å². The molecule has 0 unspecified atom stereocenters. The van der Waals surface area contributed by atoms with Gasteiger partial charge >= 0.3 is 0 Å². The first-order valence-electron chi connectivity index (χ1n) is 10.5. The SMILES string of the molecule is COC(C)(C)[C@@H]1OC(Cc2ccccc2[C@H](N)c2ccccc2)O[C@H]1C(C)(C)OC. The number of hydrogen-bond donors (Lipinski definition) is 1. The van der Waals surface area contributed by atoms with Crippen LogP contribution in [-0.2, 0) is 25.4 Å². The van der Waals surface area contributed by atoms with Crippen LogP contribution in [0.1, 0.15) is 50.4 Å². The quantitative estimate of drug-likeness (QED) is 0.701. The summed E-state index contributed by atoms with van der Waals surface area (Å²) in [6, 6.07) is 18.1. The van der Waals surface area contributed by atoms with E-state index in [1.54, 1.807) is 14.2 Å². The van der Waals surface area contributed by atoms with Crippen LogP contribution in [0.4, 0.5) is 0 Å². The van der Waals surface area contributed by atoms with Crippen LogP contribution in [0, 0.1) is 0 Å². The van der Waals surface area contributed by atoms with Crippen molar-refractivity contribution in [1.82, 2.24) is 0 Å². The molecule has 3 rings (SSSR count). The smallest absolute Gasteiger partial charge is 0.162 e. The third-order valence-electron chi connectivity index (χ3n) is 6.23. The highest BCUT2D eigenvalue weighted by Gasteiger charge is 2.52. The van der Waals surface area contributed by atoms with Crippen LogP contribution >= 0.6 is 0 Å². The van der Waals surface area contributed by atoms with Crippen LogP contribution in [0.15, 0.2) is 54.6 Å². The molecular weight excluding hydrogens is 378 g/mol. The van der Waals surface area contributed by atoms with E-state index in [0.29, 0.717) is 6.42 Å². The van der Waals surface area contributed by atoms with E-state index in [2.05, 4.69) is 24.3 Å². The molecule has 164 valence electrons. The van der Waals surface area contributed by atoms with Crippen molar-refractivity contribution >= 4 is 0 Å². The number of hydrogen-bond acceptors (Lipinski definition) is 5. The van der Waals surface area contributed by atoms with Crippen molar-refractivity contribution < 1.29 is 18.9 Å². The van der Waals surface area contributed by atoms with E-state index in [4.69, 9.17) is 24.7 Å². The summed E-state index contributed by atoms with van der Waals surface area (Å²) in [6.45, 7) is 8.06. The minimum atomic E-state index is -0.519. The van der Waals surface area contributed by atoms with Crippen molar-refractivity contribution in [1.29, 1.82) is 0 Å². The lowest BCUT2D eigenvalue weighted by molar-refractivity contribution is -0.132. The molecule has 2 aromatic rings. The van der Waals surface area contributed by atoms with Gasteiger partial charge in [-0.05, 0) is 44.4 Å². The Bertz CT molecular complexity index is 797. The van der Waals surface area contributed by atoms with Crippen molar-refractivity contribution in [2.24, 2.45) is 5.73 Å². The Balaban J connectivity index is 1.85. The first-order chi connectivity index (χ1) is 14.2. The fraction of sp³-hybridized carbons (Fsp3) is 0.520. The number of ether oxygens (including phenoxy) is 4. The van der Waals surface area contributed by atoms with Crippen LogP contribution in [0.5, 0.6) is 0 Å². The minimum Gasteiger partial charge on any atom is -0.376 e. The highest BCUT2D eigenvalue weighted by atomic mass is 16.7. The number of methoxy groups -OCH3 is 2. The Labute approximate surface area is 180 Å². The van der Waals surface area contributed by atoms with E-state index >= 15 is 0 Å². The lowest BCUT2D eigenvalue weighted by Gasteiger charge is -2.38. The normalized spacial score (nSPS) is 21.7. The highest BCUT2D eigenvalue weighted by Crippen LogP contribution is 2.38. The van der Waals surface area contributed by atoms with Gasteiger partial charge in [-0.25, -0.2) is 0 Å². The molecule has 1 saturated heterocycles. The average Bonchev–Trinajstić information content (AvgIpc) is 3.20. The van der Waals surface area contributed by atoms with Crippen molar-refractivity contribution in [3.8, 4) is 0 Å². The zero-order valence-corrected chi connectivity index (χ0v) is 18.9. The second-order valence-electron chi connectivity index (χ2n) is 8.95. The molecule has 1 aliphatic rings. The lowest BCUT2D eigenvalue weighted by Crippen LogP contribution is -2.53. The molecule has 0 bridgehead atoms. The first kappa shape index (κ1) is 22.9. The summed E-state index contributed by atoms with van der Waals surface area (Å²) in [5.74, 6) is 0. The Morgan fingerprint density at radius 3 is 1.87 bits per heavy atom. The van der Waals surface area contributed by atoms with Gasteiger partial charge in [0, 0.05) is 20.6 Å². The van der Waals surface area contributed by atoms with Crippen LogP contribution in [-0.4, -0.2) is 43.9 Å². The average molecular weight is 414 g/mol. The van der Waals surface area contributed by atoms with E-state index in [1.807, 2.05) is 58.0 Å². The molecule has 5 heteroatoms. The van der Waals surface area contributed by atoms with Gasteiger partial charge in [0.05, 0.1) is 17.2 Å². The lowest BCUT2D eigenvalue weighted by atomic mass is 9.87. The van der Waals surface area contributed by atoms with Crippen molar-refractivity contribution in [2.45, 2.75) is 69.9 Å². The predicted molar refractivity (Wildman–Crippen MR) is 118 cm³/mol. The predicted octanol–water partition coefficient (Wildman–Crippen LogP) is 4.24. The van der Waals surface area contributed by atoms with Crippen LogP contribution in [0.2, 0.25) is 0 Å². The van der Waals surface area contributed by atoms with Gasteiger partial charge in [-0.1, -0.05) is 54.6 Å². The van der Waals surface area contributed by atoms with Gasteiger partial charge in [-0.3, -0.25) is 0 Å². The molecule has 1 aliphatic heterocycles. The third-order valence-corrected chi connectivity index (χ3v) is 6.23. The van der Waals surface area contributed by atoms with Crippen LogP contribution in [0.3, 0.4) is 0 Å². The van der Waals surface area contributed by atoms with E-state index in [0.717, 1.165) is 16.7 Å². The number of benzene rings is 2. The summed E-state index contributed by atoms with van der Waals surface area (Å²) >= 11 is 0. The van der Waals surface area contributed by atoms with E-state index in [1.165, 1.54) is 0 Å². The minimum absolute atomic E-state index is 0.207.